The third-order valence-corrected chi connectivity index (χ3v) is 8.51. The highest BCUT2D eigenvalue weighted by molar-refractivity contribution is 7.89. The highest BCUT2D eigenvalue weighted by Crippen LogP contribution is 2.32. The number of aryl methyl sites for hydroxylation is 1. The molecule has 1 fully saturated rings. The van der Waals surface area contributed by atoms with Crippen LogP contribution in [-0.2, 0) is 16.4 Å². The van der Waals surface area contributed by atoms with Gasteiger partial charge in [0, 0.05) is 24.7 Å². The van der Waals surface area contributed by atoms with E-state index < -0.39 is 21.7 Å². The molecule has 1 amide bonds. The lowest BCUT2D eigenvalue weighted by atomic mass is 10.0. The van der Waals surface area contributed by atoms with Gasteiger partial charge in [-0.25, -0.2) is 12.8 Å². The summed E-state index contributed by atoms with van der Waals surface area (Å²) in [7, 11) is -3.61. The summed E-state index contributed by atoms with van der Waals surface area (Å²) in [6, 6.07) is 12.7. The first-order chi connectivity index (χ1) is 15.9. The van der Waals surface area contributed by atoms with Crippen LogP contribution in [0.1, 0.15) is 52.5 Å². The molecule has 0 bridgehead atoms. The van der Waals surface area contributed by atoms with Gasteiger partial charge in [0.25, 0.3) is 5.91 Å². The number of benzene rings is 2. The number of sulfonamides is 1. The molecule has 3 aromatic rings. The summed E-state index contributed by atoms with van der Waals surface area (Å²) in [4.78, 5) is 12.8. The van der Waals surface area contributed by atoms with Crippen LogP contribution in [0.15, 0.2) is 53.4 Å². The maximum Gasteiger partial charge on any atom is 0.286 e. The summed E-state index contributed by atoms with van der Waals surface area (Å²) in [5.74, 6) is -1.06. The Kier molecular flexibility index (Phi) is 7.16. The van der Waals surface area contributed by atoms with Gasteiger partial charge < -0.3 is 5.32 Å². The number of halogens is 1. The third-order valence-electron chi connectivity index (χ3n) is 5.55. The van der Waals surface area contributed by atoms with Crippen molar-refractivity contribution in [3.8, 4) is 0 Å². The molecule has 0 spiro atoms. The van der Waals surface area contributed by atoms with Gasteiger partial charge >= 0.3 is 0 Å². The van der Waals surface area contributed by atoms with Crippen LogP contribution >= 0.6 is 11.3 Å². The van der Waals surface area contributed by atoms with Gasteiger partial charge in [-0.3, -0.25) is 4.79 Å². The number of carbonyl (C=O) groups excluding carboxylic acids is 1. The molecule has 2 heterocycles. The molecule has 0 radical (unpaired) electrons. The Bertz CT molecular complexity index is 1230. The highest BCUT2D eigenvalue weighted by atomic mass is 32.2. The van der Waals surface area contributed by atoms with Gasteiger partial charge in [0.05, 0.1) is 4.90 Å². The smallest absolute Gasteiger partial charge is 0.286 e. The molecule has 1 aliphatic heterocycles. The van der Waals surface area contributed by atoms with E-state index in [2.05, 4.69) is 22.4 Å². The number of nitrogens with one attached hydrogen (secondary N) is 1. The van der Waals surface area contributed by atoms with Gasteiger partial charge in [-0.05, 0) is 55.2 Å². The minimum Gasteiger partial charge on any atom is -0.320 e. The molecule has 33 heavy (non-hydrogen) atoms. The van der Waals surface area contributed by atoms with E-state index >= 15 is 0 Å². The Hall–Kier alpha value is -2.69. The second-order valence-corrected chi connectivity index (χ2v) is 11.0. The minimum atomic E-state index is -3.61. The van der Waals surface area contributed by atoms with E-state index in [1.54, 1.807) is 18.2 Å². The first-order valence-electron chi connectivity index (χ1n) is 10.9. The van der Waals surface area contributed by atoms with E-state index in [9.17, 15) is 17.6 Å². The number of carbonyl (C=O) groups is 1. The number of nitrogens with zero attached hydrogens (tertiary/aromatic N) is 3. The molecule has 4 rings (SSSR count). The van der Waals surface area contributed by atoms with Crippen molar-refractivity contribution in [2.45, 2.75) is 43.4 Å². The van der Waals surface area contributed by atoms with Crippen LogP contribution < -0.4 is 5.32 Å². The van der Waals surface area contributed by atoms with E-state index in [4.69, 9.17) is 0 Å². The molecular formula is C23H25FN4O3S2. The van der Waals surface area contributed by atoms with Gasteiger partial charge in [-0.1, -0.05) is 42.9 Å². The van der Waals surface area contributed by atoms with Crippen molar-refractivity contribution >= 4 is 33.0 Å². The van der Waals surface area contributed by atoms with Crippen LogP contribution in [0.4, 0.5) is 10.1 Å². The monoisotopic (exact) mass is 488 g/mol. The van der Waals surface area contributed by atoms with E-state index in [1.807, 2.05) is 12.1 Å². The van der Waals surface area contributed by atoms with Crippen LogP contribution in [-0.4, -0.2) is 41.9 Å². The quantitative estimate of drug-likeness (QED) is 0.530. The van der Waals surface area contributed by atoms with Crippen molar-refractivity contribution in [2.75, 3.05) is 18.4 Å². The zero-order valence-electron chi connectivity index (χ0n) is 18.2. The van der Waals surface area contributed by atoms with Crippen molar-refractivity contribution in [1.29, 1.82) is 0 Å². The average Bonchev–Trinajstić information content (AvgIpc) is 3.30. The van der Waals surface area contributed by atoms with Crippen LogP contribution in [0.2, 0.25) is 0 Å². The molecule has 1 unspecified atom stereocenters. The van der Waals surface area contributed by atoms with Crippen molar-refractivity contribution < 1.29 is 17.6 Å². The standard InChI is InChI=1S/C23H25FN4O3S2/c1-2-5-16-9-11-20(12-10-16)33(30,31)28-13-4-6-17(15-28)22-26-27-23(32-22)21(29)25-19-8-3-7-18(24)14-19/h3,7-12,14,17H,2,4-6,13,15H2,1H3,(H,25,29). The zero-order chi connectivity index (χ0) is 23.4. The number of rotatable bonds is 7. The Labute approximate surface area is 196 Å². The number of hydrogen-bond acceptors (Lipinski definition) is 6. The van der Waals surface area contributed by atoms with Gasteiger partial charge in [0.2, 0.25) is 15.0 Å². The SMILES string of the molecule is CCCc1ccc(S(=O)(=O)N2CCCC(c3nnc(C(=O)Nc4cccc(F)c4)s3)C2)cc1. The molecule has 174 valence electrons. The topological polar surface area (TPSA) is 92.3 Å². The Morgan fingerprint density at radius 1 is 1.21 bits per heavy atom. The molecule has 1 saturated heterocycles. The first-order valence-corrected chi connectivity index (χ1v) is 13.1. The number of hydrogen-bond donors (Lipinski definition) is 1. The first kappa shape index (κ1) is 23.5. The third kappa shape index (κ3) is 5.45. The summed E-state index contributed by atoms with van der Waals surface area (Å²) in [5, 5.41) is 11.5. The molecular weight excluding hydrogens is 463 g/mol. The van der Waals surface area contributed by atoms with Gasteiger partial charge in [0.1, 0.15) is 10.8 Å². The molecule has 7 nitrogen and oxygen atoms in total. The molecule has 10 heteroatoms. The Morgan fingerprint density at radius 3 is 2.73 bits per heavy atom. The molecule has 1 atom stereocenters. The second-order valence-electron chi connectivity index (χ2n) is 8.01. The molecule has 1 aromatic heterocycles. The number of anilines is 1. The van der Waals surface area contributed by atoms with Crippen molar-refractivity contribution in [1.82, 2.24) is 14.5 Å². The minimum absolute atomic E-state index is 0.138. The van der Waals surface area contributed by atoms with Crippen molar-refractivity contribution in [3.05, 3.63) is 69.9 Å². The second kappa shape index (κ2) is 10.1. The van der Waals surface area contributed by atoms with E-state index in [0.29, 0.717) is 30.2 Å². The van der Waals surface area contributed by atoms with Crippen LogP contribution in [0.3, 0.4) is 0 Å². The van der Waals surface area contributed by atoms with Crippen LogP contribution in [0.25, 0.3) is 0 Å². The molecule has 0 aliphatic carbocycles. The number of aromatic nitrogens is 2. The Balaban J connectivity index is 1.45. The lowest BCUT2D eigenvalue weighted by molar-refractivity contribution is 0.102. The predicted molar refractivity (Wildman–Crippen MR) is 125 cm³/mol. The summed E-state index contributed by atoms with van der Waals surface area (Å²) in [6.45, 7) is 2.82. The van der Waals surface area contributed by atoms with E-state index in [1.165, 1.54) is 22.5 Å². The average molecular weight is 489 g/mol. The normalized spacial score (nSPS) is 17.1. The number of piperidine rings is 1. The largest absolute Gasteiger partial charge is 0.320 e. The summed E-state index contributed by atoms with van der Waals surface area (Å²) in [6.07, 6.45) is 3.38. The molecule has 2 aromatic carbocycles. The van der Waals surface area contributed by atoms with Gasteiger partial charge in [-0.15, -0.1) is 10.2 Å². The van der Waals surface area contributed by atoms with Crippen LogP contribution in [0.5, 0.6) is 0 Å². The molecule has 1 aliphatic rings. The summed E-state index contributed by atoms with van der Waals surface area (Å²) < 4.78 is 41.2. The highest BCUT2D eigenvalue weighted by Gasteiger charge is 2.32. The molecule has 0 saturated carbocycles. The van der Waals surface area contributed by atoms with Gasteiger partial charge in [0.15, 0.2) is 0 Å². The molecule has 1 N–H and O–H groups in total. The maximum atomic E-state index is 13.3. The van der Waals surface area contributed by atoms with Crippen LogP contribution in [0, 0.1) is 5.82 Å². The lowest BCUT2D eigenvalue weighted by Crippen LogP contribution is -2.39. The Morgan fingerprint density at radius 2 is 2.00 bits per heavy atom. The fourth-order valence-corrected chi connectivity index (χ4v) is 6.26. The van der Waals surface area contributed by atoms with Crippen molar-refractivity contribution in [2.24, 2.45) is 0 Å². The summed E-state index contributed by atoms with van der Waals surface area (Å²) in [5.41, 5.74) is 1.45. The van der Waals surface area contributed by atoms with E-state index in [-0.39, 0.29) is 15.8 Å². The fraction of sp³-hybridized carbons (Fsp3) is 0.348. The lowest BCUT2D eigenvalue weighted by Gasteiger charge is -2.30. The fourth-order valence-electron chi connectivity index (χ4n) is 3.87. The summed E-state index contributed by atoms with van der Waals surface area (Å²) >= 11 is 1.14. The predicted octanol–water partition coefficient (Wildman–Crippen LogP) is 4.45. The zero-order valence-corrected chi connectivity index (χ0v) is 19.8. The number of amides is 1. The maximum absolute atomic E-state index is 13.3. The van der Waals surface area contributed by atoms with E-state index in [0.717, 1.165) is 36.2 Å². The van der Waals surface area contributed by atoms with Gasteiger partial charge in [-0.2, -0.15) is 4.31 Å². The van der Waals surface area contributed by atoms with Crippen molar-refractivity contribution in [3.63, 3.8) is 0 Å².